The summed E-state index contributed by atoms with van der Waals surface area (Å²) in [5.74, 6) is 1.40. The first-order valence-electron chi connectivity index (χ1n) is 9.28. The minimum Gasteiger partial charge on any atom is -0.495 e. The number of anilines is 1. The summed E-state index contributed by atoms with van der Waals surface area (Å²) in [6.07, 6.45) is 0. The van der Waals surface area contributed by atoms with Crippen molar-refractivity contribution in [1.29, 1.82) is 0 Å². The van der Waals surface area contributed by atoms with E-state index in [0.29, 0.717) is 16.5 Å². The van der Waals surface area contributed by atoms with Gasteiger partial charge in [0.1, 0.15) is 11.0 Å². The maximum Gasteiger partial charge on any atom is 0.241 e. The first kappa shape index (κ1) is 21.0. The Bertz CT molecular complexity index is 770. The van der Waals surface area contributed by atoms with Gasteiger partial charge in [-0.25, -0.2) is 0 Å². The van der Waals surface area contributed by atoms with E-state index in [1.165, 1.54) is 0 Å². The normalized spacial score (nSPS) is 15.8. The summed E-state index contributed by atoms with van der Waals surface area (Å²) in [7, 11) is 1.57. The third-order valence-electron chi connectivity index (χ3n) is 4.56. The topological polar surface area (TPSA) is 50.8 Å². The number of rotatable bonds is 8. The first-order chi connectivity index (χ1) is 13.7. The zero-order chi connectivity index (χ0) is 19.8. The molecule has 1 aliphatic heterocycles. The van der Waals surface area contributed by atoms with Crippen LogP contribution in [0, 0.1) is 0 Å². The van der Waals surface area contributed by atoms with Crippen molar-refractivity contribution in [3.05, 3.63) is 59.1 Å². The molecule has 5 nitrogen and oxygen atoms in total. The van der Waals surface area contributed by atoms with Crippen molar-refractivity contribution in [1.82, 2.24) is 4.90 Å². The molecule has 1 N–H and O–H groups in total. The molecule has 1 heterocycles. The highest BCUT2D eigenvalue weighted by molar-refractivity contribution is 8.00. The Kier molecular flexibility index (Phi) is 8.03. The highest BCUT2D eigenvalue weighted by Crippen LogP contribution is 2.32. The SMILES string of the molecule is COc1ccc(NC(=O)C(SCCN2CCOCC2)c2ccccc2)cc1Cl. The number of halogens is 1. The molecule has 0 spiro atoms. The van der Waals surface area contributed by atoms with Crippen LogP contribution in [0.2, 0.25) is 5.02 Å². The molecule has 2 aromatic rings. The zero-order valence-corrected chi connectivity index (χ0v) is 17.5. The molecule has 150 valence electrons. The van der Waals surface area contributed by atoms with Crippen molar-refractivity contribution in [3.8, 4) is 5.75 Å². The lowest BCUT2D eigenvalue weighted by atomic mass is 10.1. The number of carbonyl (C=O) groups excluding carboxylic acids is 1. The van der Waals surface area contributed by atoms with Gasteiger partial charge in [0, 0.05) is 31.1 Å². The molecule has 1 amide bonds. The van der Waals surface area contributed by atoms with Gasteiger partial charge in [0.25, 0.3) is 0 Å². The van der Waals surface area contributed by atoms with Crippen LogP contribution in [0.3, 0.4) is 0 Å². The minimum absolute atomic E-state index is 0.0561. The summed E-state index contributed by atoms with van der Waals surface area (Å²) in [4.78, 5) is 15.4. The van der Waals surface area contributed by atoms with Crippen LogP contribution in [0.25, 0.3) is 0 Å². The fourth-order valence-corrected chi connectivity index (χ4v) is 4.44. The van der Waals surface area contributed by atoms with E-state index in [4.69, 9.17) is 21.1 Å². The van der Waals surface area contributed by atoms with Crippen LogP contribution in [-0.4, -0.2) is 56.5 Å². The third kappa shape index (κ3) is 5.88. The Morgan fingerprint density at radius 2 is 2.00 bits per heavy atom. The van der Waals surface area contributed by atoms with Crippen molar-refractivity contribution >= 4 is 35.0 Å². The average Bonchev–Trinajstić information content (AvgIpc) is 2.73. The first-order valence-corrected chi connectivity index (χ1v) is 10.7. The van der Waals surface area contributed by atoms with E-state index in [0.717, 1.165) is 44.2 Å². The highest BCUT2D eigenvalue weighted by Gasteiger charge is 2.22. The summed E-state index contributed by atoms with van der Waals surface area (Å²) in [6, 6.07) is 15.1. The van der Waals surface area contributed by atoms with Crippen molar-refractivity contribution in [2.24, 2.45) is 0 Å². The monoisotopic (exact) mass is 420 g/mol. The Morgan fingerprint density at radius 1 is 1.25 bits per heavy atom. The molecular weight excluding hydrogens is 396 g/mol. The molecule has 2 aromatic carbocycles. The van der Waals surface area contributed by atoms with Crippen LogP contribution in [0.15, 0.2) is 48.5 Å². The van der Waals surface area contributed by atoms with Gasteiger partial charge in [0.15, 0.2) is 0 Å². The van der Waals surface area contributed by atoms with Crippen molar-refractivity contribution in [3.63, 3.8) is 0 Å². The predicted molar refractivity (Wildman–Crippen MR) is 116 cm³/mol. The smallest absolute Gasteiger partial charge is 0.241 e. The predicted octanol–water partition coefficient (Wildman–Crippen LogP) is 4.09. The third-order valence-corrected chi connectivity index (χ3v) is 6.09. The Morgan fingerprint density at radius 3 is 2.68 bits per heavy atom. The van der Waals surface area contributed by atoms with E-state index >= 15 is 0 Å². The molecule has 7 heteroatoms. The van der Waals surface area contributed by atoms with E-state index in [-0.39, 0.29) is 11.2 Å². The number of morpholine rings is 1. The second-order valence-corrected chi connectivity index (χ2v) is 8.07. The summed E-state index contributed by atoms with van der Waals surface area (Å²) < 4.78 is 10.6. The minimum atomic E-state index is -0.289. The summed E-state index contributed by atoms with van der Waals surface area (Å²) in [5.41, 5.74) is 1.65. The quantitative estimate of drug-likeness (QED) is 0.696. The number of amides is 1. The number of nitrogens with zero attached hydrogens (tertiary/aromatic N) is 1. The molecular formula is C21H25ClN2O3S. The van der Waals surface area contributed by atoms with E-state index in [1.807, 2.05) is 30.3 Å². The van der Waals surface area contributed by atoms with Crippen molar-refractivity contribution in [2.45, 2.75) is 5.25 Å². The van der Waals surface area contributed by atoms with Crippen molar-refractivity contribution < 1.29 is 14.3 Å². The number of hydrogen-bond acceptors (Lipinski definition) is 5. The summed E-state index contributed by atoms with van der Waals surface area (Å²) in [5, 5.41) is 3.17. The van der Waals surface area contributed by atoms with Gasteiger partial charge in [-0.05, 0) is 23.8 Å². The second kappa shape index (κ2) is 10.7. The van der Waals surface area contributed by atoms with Crippen LogP contribution in [0.4, 0.5) is 5.69 Å². The van der Waals surface area contributed by atoms with E-state index in [9.17, 15) is 4.79 Å². The molecule has 1 unspecified atom stereocenters. The molecule has 1 saturated heterocycles. The highest BCUT2D eigenvalue weighted by atomic mass is 35.5. The molecule has 3 rings (SSSR count). The number of thioether (sulfide) groups is 1. The van der Waals surface area contributed by atoms with Gasteiger partial charge in [-0.3, -0.25) is 9.69 Å². The Hall–Kier alpha value is -1.73. The van der Waals surface area contributed by atoms with Gasteiger partial charge in [-0.1, -0.05) is 41.9 Å². The molecule has 0 radical (unpaired) electrons. The molecule has 0 saturated carbocycles. The van der Waals surface area contributed by atoms with Gasteiger partial charge in [-0.2, -0.15) is 0 Å². The molecule has 1 aliphatic rings. The number of benzene rings is 2. The molecule has 0 aliphatic carbocycles. The fraction of sp³-hybridized carbons (Fsp3) is 0.381. The second-order valence-electron chi connectivity index (χ2n) is 6.45. The van der Waals surface area contributed by atoms with Crippen LogP contribution < -0.4 is 10.1 Å². The molecule has 0 bridgehead atoms. The van der Waals surface area contributed by atoms with Crippen LogP contribution in [0.5, 0.6) is 5.75 Å². The number of methoxy groups -OCH3 is 1. The van der Waals surface area contributed by atoms with E-state index in [2.05, 4.69) is 10.2 Å². The number of ether oxygens (including phenoxy) is 2. The lowest BCUT2D eigenvalue weighted by Crippen LogP contribution is -2.37. The largest absolute Gasteiger partial charge is 0.495 e. The number of hydrogen-bond donors (Lipinski definition) is 1. The standard InChI is InChI=1S/C21H25ClN2O3S/c1-26-19-8-7-17(15-18(19)22)23-21(25)20(16-5-3-2-4-6-16)28-14-11-24-9-12-27-13-10-24/h2-8,15,20H,9-14H2,1H3,(H,23,25). The Balaban J connectivity index is 1.65. The number of carbonyl (C=O) groups is 1. The molecule has 1 atom stereocenters. The zero-order valence-electron chi connectivity index (χ0n) is 15.9. The Labute approximate surface area is 175 Å². The molecule has 1 fully saturated rings. The molecule has 0 aromatic heterocycles. The van der Waals surface area contributed by atoms with Crippen molar-refractivity contribution in [2.75, 3.05) is 51.0 Å². The summed E-state index contributed by atoms with van der Waals surface area (Å²) in [6.45, 7) is 4.41. The lowest BCUT2D eigenvalue weighted by Gasteiger charge is -2.27. The van der Waals surface area contributed by atoms with Crippen LogP contribution in [-0.2, 0) is 9.53 Å². The van der Waals surface area contributed by atoms with E-state index < -0.39 is 0 Å². The van der Waals surface area contributed by atoms with E-state index in [1.54, 1.807) is 37.1 Å². The average molecular weight is 421 g/mol. The maximum atomic E-state index is 13.0. The van der Waals surface area contributed by atoms with Crippen LogP contribution >= 0.6 is 23.4 Å². The maximum absolute atomic E-state index is 13.0. The van der Waals surface area contributed by atoms with Gasteiger partial charge in [-0.15, -0.1) is 11.8 Å². The lowest BCUT2D eigenvalue weighted by molar-refractivity contribution is -0.115. The van der Waals surface area contributed by atoms with Gasteiger partial charge < -0.3 is 14.8 Å². The van der Waals surface area contributed by atoms with Crippen LogP contribution in [0.1, 0.15) is 10.8 Å². The number of nitrogens with one attached hydrogen (secondary N) is 1. The van der Waals surface area contributed by atoms with Gasteiger partial charge in [0.2, 0.25) is 5.91 Å². The summed E-state index contributed by atoms with van der Waals surface area (Å²) >= 11 is 7.84. The van der Waals surface area contributed by atoms with Gasteiger partial charge >= 0.3 is 0 Å². The molecule has 28 heavy (non-hydrogen) atoms. The fourth-order valence-electron chi connectivity index (χ4n) is 3.03. The van der Waals surface area contributed by atoms with Gasteiger partial charge in [0.05, 0.1) is 25.3 Å².